The van der Waals surface area contributed by atoms with Crippen LogP contribution in [0.1, 0.15) is 30.8 Å². The molecule has 130 valence electrons. The molecule has 3 rings (SSSR count). The first kappa shape index (κ1) is 17.2. The van der Waals surface area contributed by atoms with Crippen LogP contribution in [0.2, 0.25) is 0 Å². The van der Waals surface area contributed by atoms with E-state index in [2.05, 4.69) is 5.32 Å². The fourth-order valence-corrected chi connectivity index (χ4v) is 2.88. The second kappa shape index (κ2) is 7.94. The van der Waals surface area contributed by atoms with Gasteiger partial charge in [0.25, 0.3) is 0 Å². The van der Waals surface area contributed by atoms with Crippen LogP contribution in [0, 0.1) is 0 Å². The summed E-state index contributed by atoms with van der Waals surface area (Å²) in [4.78, 5) is 17.1. The largest absolute Gasteiger partial charge is 0.372 e. The van der Waals surface area contributed by atoms with E-state index in [-0.39, 0.29) is 18.6 Å². The molecule has 1 heterocycles. The van der Waals surface area contributed by atoms with Gasteiger partial charge in [0.1, 0.15) is 18.5 Å². The molecule has 1 N–H and O–H groups in total. The minimum absolute atomic E-state index is 0.0567. The van der Waals surface area contributed by atoms with Crippen LogP contribution in [0.3, 0.4) is 0 Å². The molecule has 0 radical (unpaired) electrons. The number of benzene rings is 2. The predicted octanol–water partition coefficient (Wildman–Crippen LogP) is 3.21. The minimum Gasteiger partial charge on any atom is -0.372 e. The first-order valence-electron chi connectivity index (χ1n) is 8.54. The molecule has 5 heteroatoms. The van der Waals surface area contributed by atoms with Crippen molar-refractivity contribution >= 4 is 16.9 Å². The number of carbonyl (C=O) groups is 1. The van der Waals surface area contributed by atoms with Crippen molar-refractivity contribution in [1.82, 2.24) is 14.9 Å². The fourth-order valence-electron chi connectivity index (χ4n) is 2.88. The molecule has 0 spiro atoms. The SMILES string of the molecule is CCCOCC(=O)N[C@@H](c1ccccc1)c1nc2ccccc2n1C. The Balaban J connectivity index is 1.93. The van der Waals surface area contributed by atoms with Crippen LogP contribution in [0.15, 0.2) is 54.6 Å². The highest BCUT2D eigenvalue weighted by atomic mass is 16.5. The van der Waals surface area contributed by atoms with E-state index in [0.717, 1.165) is 28.8 Å². The second-order valence-corrected chi connectivity index (χ2v) is 5.98. The maximum Gasteiger partial charge on any atom is 0.246 e. The van der Waals surface area contributed by atoms with Gasteiger partial charge in [-0.25, -0.2) is 4.98 Å². The van der Waals surface area contributed by atoms with Gasteiger partial charge in [0.15, 0.2) is 0 Å². The molecule has 1 amide bonds. The first-order chi connectivity index (χ1) is 12.2. The van der Waals surface area contributed by atoms with Gasteiger partial charge in [0.05, 0.1) is 11.0 Å². The monoisotopic (exact) mass is 337 g/mol. The zero-order valence-corrected chi connectivity index (χ0v) is 14.6. The Bertz CT molecular complexity index is 843. The molecule has 1 atom stereocenters. The van der Waals surface area contributed by atoms with E-state index in [1.54, 1.807) is 0 Å². The summed E-state index contributed by atoms with van der Waals surface area (Å²) in [6.07, 6.45) is 0.889. The van der Waals surface area contributed by atoms with Crippen LogP contribution in [-0.4, -0.2) is 28.7 Å². The summed E-state index contributed by atoms with van der Waals surface area (Å²) < 4.78 is 7.40. The molecule has 0 saturated heterocycles. The summed E-state index contributed by atoms with van der Waals surface area (Å²) in [5.74, 6) is 0.658. The van der Waals surface area contributed by atoms with Gasteiger partial charge in [0, 0.05) is 13.7 Å². The smallest absolute Gasteiger partial charge is 0.246 e. The van der Waals surface area contributed by atoms with Crippen LogP contribution in [0.25, 0.3) is 11.0 Å². The Kier molecular flexibility index (Phi) is 5.46. The number of nitrogens with zero attached hydrogens (tertiary/aromatic N) is 2. The number of carbonyl (C=O) groups excluding carboxylic acids is 1. The zero-order chi connectivity index (χ0) is 17.6. The van der Waals surface area contributed by atoms with Gasteiger partial charge in [-0.15, -0.1) is 0 Å². The lowest BCUT2D eigenvalue weighted by molar-refractivity contribution is -0.126. The van der Waals surface area contributed by atoms with Crippen LogP contribution < -0.4 is 5.32 Å². The Hall–Kier alpha value is -2.66. The van der Waals surface area contributed by atoms with E-state index in [4.69, 9.17) is 9.72 Å². The third-order valence-corrected chi connectivity index (χ3v) is 4.10. The van der Waals surface area contributed by atoms with E-state index in [9.17, 15) is 4.79 Å². The Morgan fingerprint density at radius 2 is 1.88 bits per heavy atom. The highest BCUT2D eigenvalue weighted by Gasteiger charge is 2.22. The third kappa shape index (κ3) is 3.88. The highest BCUT2D eigenvalue weighted by molar-refractivity contribution is 5.79. The maximum atomic E-state index is 12.3. The molecule has 3 aromatic rings. The molecule has 0 aliphatic heterocycles. The molecular weight excluding hydrogens is 314 g/mol. The summed E-state index contributed by atoms with van der Waals surface area (Å²) in [5.41, 5.74) is 2.94. The van der Waals surface area contributed by atoms with Crippen LogP contribution in [-0.2, 0) is 16.6 Å². The number of ether oxygens (including phenoxy) is 1. The van der Waals surface area contributed by atoms with Crippen molar-refractivity contribution in [1.29, 1.82) is 0 Å². The lowest BCUT2D eigenvalue weighted by Gasteiger charge is -2.19. The number of imidazole rings is 1. The lowest BCUT2D eigenvalue weighted by atomic mass is 10.1. The normalized spacial score (nSPS) is 12.2. The number of para-hydroxylation sites is 2. The molecular formula is C20H23N3O2. The van der Waals surface area contributed by atoms with Crippen molar-refractivity contribution < 1.29 is 9.53 Å². The van der Waals surface area contributed by atoms with E-state index >= 15 is 0 Å². The summed E-state index contributed by atoms with van der Waals surface area (Å²) in [5, 5.41) is 3.06. The zero-order valence-electron chi connectivity index (χ0n) is 14.6. The number of hydrogen-bond acceptors (Lipinski definition) is 3. The number of fused-ring (bicyclic) bond motifs is 1. The summed E-state index contributed by atoms with van der Waals surface area (Å²) in [6, 6.07) is 17.5. The van der Waals surface area contributed by atoms with Gasteiger partial charge in [0.2, 0.25) is 5.91 Å². The number of aryl methyl sites for hydroxylation is 1. The van der Waals surface area contributed by atoms with Gasteiger partial charge < -0.3 is 14.6 Å². The topological polar surface area (TPSA) is 56.1 Å². The Morgan fingerprint density at radius 1 is 1.16 bits per heavy atom. The van der Waals surface area contributed by atoms with Crippen molar-refractivity contribution in [2.45, 2.75) is 19.4 Å². The molecule has 2 aromatic carbocycles. The van der Waals surface area contributed by atoms with Gasteiger partial charge in [-0.3, -0.25) is 4.79 Å². The third-order valence-electron chi connectivity index (χ3n) is 4.10. The van der Waals surface area contributed by atoms with E-state index < -0.39 is 0 Å². The molecule has 25 heavy (non-hydrogen) atoms. The number of hydrogen-bond donors (Lipinski definition) is 1. The summed E-state index contributed by atoms with van der Waals surface area (Å²) >= 11 is 0. The molecule has 0 aliphatic carbocycles. The average Bonchev–Trinajstić information content (AvgIpc) is 2.97. The van der Waals surface area contributed by atoms with Crippen LogP contribution in [0.4, 0.5) is 0 Å². The molecule has 0 unspecified atom stereocenters. The molecule has 1 aromatic heterocycles. The van der Waals surface area contributed by atoms with Crippen molar-refractivity contribution in [3.63, 3.8) is 0 Å². The van der Waals surface area contributed by atoms with Gasteiger partial charge in [-0.05, 0) is 24.1 Å². The van der Waals surface area contributed by atoms with Crippen LogP contribution in [0.5, 0.6) is 0 Å². The number of amides is 1. The van der Waals surface area contributed by atoms with E-state index in [0.29, 0.717) is 6.61 Å². The van der Waals surface area contributed by atoms with Gasteiger partial charge in [-0.2, -0.15) is 0 Å². The van der Waals surface area contributed by atoms with E-state index in [1.807, 2.05) is 73.1 Å². The molecule has 0 bridgehead atoms. The van der Waals surface area contributed by atoms with Crippen LogP contribution >= 0.6 is 0 Å². The van der Waals surface area contributed by atoms with Crippen molar-refractivity contribution in [2.24, 2.45) is 7.05 Å². The molecule has 0 fully saturated rings. The fraction of sp³-hybridized carbons (Fsp3) is 0.300. The summed E-state index contributed by atoms with van der Waals surface area (Å²) in [6.45, 7) is 2.65. The number of rotatable bonds is 7. The number of nitrogens with one attached hydrogen (secondary N) is 1. The van der Waals surface area contributed by atoms with Gasteiger partial charge in [-0.1, -0.05) is 49.4 Å². The molecule has 5 nitrogen and oxygen atoms in total. The molecule has 0 saturated carbocycles. The quantitative estimate of drug-likeness (QED) is 0.674. The maximum absolute atomic E-state index is 12.3. The molecule has 0 aliphatic rings. The predicted molar refractivity (Wildman–Crippen MR) is 98.3 cm³/mol. The average molecular weight is 337 g/mol. The second-order valence-electron chi connectivity index (χ2n) is 5.98. The Labute approximate surface area is 147 Å². The van der Waals surface area contributed by atoms with Crippen molar-refractivity contribution in [2.75, 3.05) is 13.2 Å². The van der Waals surface area contributed by atoms with Crippen molar-refractivity contribution in [3.05, 3.63) is 66.0 Å². The Morgan fingerprint density at radius 3 is 2.60 bits per heavy atom. The lowest BCUT2D eigenvalue weighted by Crippen LogP contribution is -2.33. The number of aromatic nitrogens is 2. The highest BCUT2D eigenvalue weighted by Crippen LogP contribution is 2.24. The standard InChI is InChI=1S/C20H23N3O2/c1-3-13-25-14-18(24)22-19(15-9-5-4-6-10-15)20-21-16-11-7-8-12-17(16)23(20)2/h4-12,19H,3,13-14H2,1-2H3,(H,22,24)/t19-/m0/s1. The van der Waals surface area contributed by atoms with Gasteiger partial charge >= 0.3 is 0 Å². The van der Waals surface area contributed by atoms with E-state index in [1.165, 1.54) is 0 Å². The minimum atomic E-state index is -0.323. The van der Waals surface area contributed by atoms with Crippen molar-refractivity contribution in [3.8, 4) is 0 Å². The summed E-state index contributed by atoms with van der Waals surface area (Å²) in [7, 11) is 1.97. The first-order valence-corrected chi connectivity index (χ1v) is 8.54.